The minimum absolute atomic E-state index is 0.272. The summed E-state index contributed by atoms with van der Waals surface area (Å²) in [6.07, 6.45) is 0. The van der Waals surface area contributed by atoms with Gasteiger partial charge in [0.2, 0.25) is 0 Å². The van der Waals surface area contributed by atoms with Gasteiger partial charge in [-0.1, -0.05) is 6.07 Å². The van der Waals surface area contributed by atoms with Crippen LogP contribution in [0.2, 0.25) is 0 Å². The molecule has 1 aromatic carbocycles. The van der Waals surface area contributed by atoms with Gasteiger partial charge in [0.25, 0.3) is 0 Å². The van der Waals surface area contributed by atoms with Gasteiger partial charge in [-0.15, -0.1) is 0 Å². The summed E-state index contributed by atoms with van der Waals surface area (Å²) in [7, 11) is 0. The molecule has 5 heteroatoms. The van der Waals surface area contributed by atoms with E-state index in [0.717, 1.165) is 51.4 Å². The van der Waals surface area contributed by atoms with Gasteiger partial charge in [0.05, 0.1) is 0 Å². The summed E-state index contributed by atoms with van der Waals surface area (Å²) in [6, 6.07) is 5.30. The molecule has 0 aromatic heterocycles. The third-order valence-corrected chi connectivity index (χ3v) is 4.02. The number of halogens is 1. The highest BCUT2D eigenvalue weighted by Crippen LogP contribution is 2.21. The van der Waals surface area contributed by atoms with Crippen LogP contribution in [0.5, 0.6) is 5.75 Å². The fraction of sp³-hybridized carbons (Fsp3) is 0.571. The van der Waals surface area contributed by atoms with Crippen LogP contribution in [-0.2, 0) is 6.54 Å². The van der Waals surface area contributed by atoms with Crippen molar-refractivity contribution in [2.45, 2.75) is 12.6 Å². The maximum atomic E-state index is 13.2. The molecule has 2 aliphatic rings. The maximum absolute atomic E-state index is 13.2. The summed E-state index contributed by atoms with van der Waals surface area (Å²) < 4.78 is 13.2. The molecule has 1 aromatic rings. The number of piperazine rings is 1. The standard InChI is InChI=1S/C14H20FN3O/c15-13-7-11(1-2-14(13)19)8-17-9-12(10-17)18-5-3-16-4-6-18/h1-2,7,12,16,19H,3-6,8-10H2. The van der Waals surface area contributed by atoms with Gasteiger partial charge in [-0.3, -0.25) is 9.80 Å². The van der Waals surface area contributed by atoms with Crippen molar-refractivity contribution in [2.75, 3.05) is 39.3 Å². The molecular weight excluding hydrogens is 245 g/mol. The fourth-order valence-electron chi connectivity index (χ4n) is 2.86. The van der Waals surface area contributed by atoms with Crippen LogP contribution in [0.15, 0.2) is 18.2 Å². The number of phenolic OH excluding ortho intramolecular Hbond substituents is 1. The first kappa shape index (κ1) is 12.8. The molecule has 2 fully saturated rings. The molecule has 0 saturated carbocycles. The Morgan fingerprint density at radius 2 is 2.00 bits per heavy atom. The second kappa shape index (κ2) is 5.45. The summed E-state index contributed by atoms with van der Waals surface area (Å²) >= 11 is 0. The first-order valence-electron chi connectivity index (χ1n) is 6.87. The van der Waals surface area contributed by atoms with E-state index >= 15 is 0 Å². The molecular formula is C14H20FN3O. The van der Waals surface area contributed by atoms with Crippen LogP contribution in [0.1, 0.15) is 5.56 Å². The average molecular weight is 265 g/mol. The van der Waals surface area contributed by atoms with Gasteiger partial charge < -0.3 is 10.4 Å². The largest absolute Gasteiger partial charge is 0.505 e. The van der Waals surface area contributed by atoms with Crippen molar-refractivity contribution in [3.8, 4) is 5.75 Å². The van der Waals surface area contributed by atoms with E-state index in [4.69, 9.17) is 5.11 Å². The van der Waals surface area contributed by atoms with Crippen LogP contribution in [-0.4, -0.2) is 60.2 Å². The zero-order chi connectivity index (χ0) is 13.2. The zero-order valence-corrected chi connectivity index (χ0v) is 11.0. The quantitative estimate of drug-likeness (QED) is 0.840. The van der Waals surface area contributed by atoms with Gasteiger partial charge in [0.1, 0.15) is 0 Å². The molecule has 0 unspecified atom stereocenters. The molecule has 19 heavy (non-hydrogen) atoms. The van der Waals surface area contributed by atoms with Crippen LogP contribution in [0, 0.1) is 5.82 Å². The molecule has 0 atom stereocenters. The molecule has 0 spiro atoms. The van der Waals surface area contributed by atoms with Gasteiger partial charge >= 0.3 is 0 Å². The summed E-state index contributed by atoms with van der Waals surface area (Å²) in [5.41, 5.74) is 0.925. The molecule has 2 saturated heterocycles. The van der Waals surface area contributed by atoms with Crippen molar-refractivity contribution in [2.24, 2.45) is 0 Å². The highest BCUT2D eigenvalue weighted by atomic mass is 19.1. The second-order valence-electron chi connectivity index (χ2n) is 5.42. The molecule has 104 valence electrons. The number of aromatic hydroxyl groups is 1. The molecule has 3 rings (SSSR count). The molecule has 2 N–H and O–H groups in total. The van der Waals surface area contributed by atoms with Crippen LogP contribution < -0.4 is 5.32 Å². The van der Waals surface area contributed by atoms with Crippen molar-refractivity contribution in [1.82, 2.24) is 15.1 Å². The lowest BCUT2D eigenvalue weighted by molar-refractivity contribution is 0.0222. The number of nitrogens with zero attached hydrogens (tertiary/aromatic N) is 2. The zero-order valence-electron chi connectivity index (χ0n) is 11.0. The Hall–Kier alpha value is -1.17. The van der Waals surface area contributed by atoms with E-state index in [1.807, 2.05) is 0 Å². The first-order valence-corrected chi connectivity index (χ1v) is 6.87. The van der Waals surface area contributed by atoms with Crippen LogP contribution in [0.25, 0.3) is 0 Å². The lowest BCUT2D eigenvalue weighted by Gasteiger charge is -2.46. The molecule has 4 nitrogen and oxygen atoms in total. The number of benzene rings is 1. The van der Waals surface area contributed by atoms with Crippen molar-refractivity contribution in [3.63, 3.8) is 0 Å². The maximum Gasteiger partial charge on any atom is 0.165 e. The minimum atomic E-state index is -0.531. The Labute approximate surface area is 112 Å². The van der Waals surface area contributed by atoms with Crippen molar-refractivity contribution >= 4 is 0 Å². The van der Waals surface area contributed by atoms with E-state index in [-0.39, 0.29) is 5.75 Å². The topological polar surface area (TPSA) is 38.7 Å². The van der Waals surface area contributed by atoms with E-state index in [2.05, 4.69) is 15.1 Å². The summed E-state index contributed by atoms with van der Waals surface area (Å²) in [6.45, 7) is 7.31. The normalized spacial score (nSPS) is 22.4. The monoisotopic (exact) mass is 265 g/mol. The van der Waals surface area contributed by atoms with Gasteiger partial charge in [-0.25, -0.2) is 4.39 Å². The van der Waals surface area contributed by atoms with E-state index in [1.54, 1.807) is 6.07 Å². The Balaban J connectivity index is 1.49. The van der Waals surface area contributed by atoms with Gasteiger partial charge in [0.15, 0.2) is 11.6 Å². The summed E-state index contributed by atoms with van der Waals surface area (Å²) in [5.74, 6) is -0.803. The Morgan fingerprint density at radius 1 is 1.26 bits per heavy atom. The van der Waals surface area contributed by atoms with Crippen LogP contribution in [0.4, 0.5) is 4.39 Å². The van der Waals surface area contributed by atoms with Gasteiger partial charge in [-0.2, -0.15) is 0 Å². The van der Waals surface area contributed by atoms with E-state index in [0.29, 0.717) is 6.04 Å². The van der Waals surface area contributed by atoms with Crippen molar-refractivity contribution in [3.05, 3.63) is 29.6 Å². The fourth-order valence-corrected chi connectivity index (χ4v) is 2.86. The van der Waals surface area contributed by atoms with Crippen LogP contribution >= 0.6 is 0 Å². The van der Waals surface area contributed by atoms with Gasteiger partial charge in [-0.05, 0) is 17.7 Å². The molecule has 2 aliphatic heterocycles. The van der Waals surface area contributed by atoms with Gasteiger partial charge in [0, 0.05) is 51.9 Å². The number of hydrogen-bond acceptors (Lipinski definition) is 4. The third-order valence-electron chi connectivity index (χ3n) is 4.02. The highest BCUT2D eigenvalue weighted by molar-refractivity contribution is 5.28. The second-order valence-corrected chi connectivity index (χ2v) is 5.42. The molecule has 0 radical (unpaired) electrons. The number of nitrogens with one attached hydrogen (secondary N) is 1. The predicted molar refractivity (Wildman–Crippen MR) is 71.6 cm³/mol. The van der Waals surface area contributed by atoms with E-state index in [1.165, 1.54) is 12.1 Å². The number of hydrogen-bond donors (Lipinski definition) is 2. The minimum Gasteiger partial charge on any atom is -0.505 e. The molecule has 0 aliphatic carbocycles. The van der Waals surface area contributed by atoms with Crippen molar-refractivity contribution in [1.29, 1.82) is 0 Å². The number of phenols is 1. The summed E-state index contributed by atoms with van der Waals surface area (Å²) in [5, 5.41) is 12.5. The highest BCUT2D eigenvalue weighted by Gasteiger charge is 2.31. The predicted octanol–water partition coefficient (Wildman–Crippen LogP) is 0.621. The molecule has 2 heterocycles. The Bertz CT molecular complexity index is 442. The van der Waals surface area contributed by atoms with E-state index < -0.39 is 5.82 Å². The lowest BCUT2D eigenvalue weighted by Crippen LogP contribution is -2.62. The lowest BCUT2D eigenvalue weighted by atomic mass is 10.0. The summed E-state index contributed by atoms with van der Waals surface area (Å²) in [4.78, 5) is 4.85. The molecule has 0 amide bonds. The number of rotatable bonds is 3. The Kier molecular flexibility index (Phi) is 3.68. The van der Waals surface area contributed by atoms with Crippen molar-refractivity contribution < 1.29 is 9.50 Å². The van der Waals surface area contributed by atoms with Crippen LogP contribution in [0.3, 0.4) is 0 Å². The molecule has 0 bridgehead atoms. The van der Waals surface area contributed by atoms with E-state index in [9.17, 15) is 4.39 Å². The Morgan fingerprint density at radius 3 is 2.68 bits per heavy atom. The third kappa shape index (κ3) is 2.88. The number of likely N-dealkylation sites (tertiary alicyclic amines) is 1. The SMILES string of the molecule is Oc1ccc(CN2CC(N3CCNCC3)C2)cc1F. The average Bonchev–Trinajstić information content (AvgIpc) is 2.38. The smallest absolute Gasteiger partial charge is 0.165 e. The first-order chi connectivity index (χ1) is 9.22.